The van der Waals surface area contributed by atoms with Gasteiger partial charge in [-0.05, 0) is 61.7 Å². The number of hydrogen-bond acceptors (Lipinski definition) is 3. The molecule has 1 atom stereocenters. The number of carbonyl (C=O) groups is 1. The van der Waals surface area contributed by atoms with Gasteiger partial charge < -0.3 is 20.1 Å². The number of aliphatic hydroxyl groups excluding tert-OH is 1. The monoisotopic (exact) mass is 326 g/mol. The zero-order valence-electron chi connectivity index (χ0n) is 13.7. The van der Waals surface area contributed by atoms with E-state index in [1.54, 1.807) is 4.90 Å². The number of aryl methyl sites for hydroxylation is 1. The third kappa shape index (κ3) is 4.26. The van der Waals surface area contributed by atoms with Gasteiger partial charge >= 0.3 is 6.03 Å². The van der Waals surface area contributed by atoms with Crippen LogP contribution in [0.25, 0.3) is 0 Å². The first kappa shape index (κ1) is 16.3. The highest BCUT2D eigenvalue weighted by atomic mass is 16.5. The summed E-state index contributed by atoms with van der Waals surface area (Å²) in [5.74, 6) is 1.50. The SMILES string of the molecule is Cc1cccc(Oc2ccc(NC(=O)N3CCCC(O)C3)cc2)c1. The Morgan fingerprint density at radius 1 is 1.21 bits per heavy atom. The molecule has 1 unspecified atom stereocenters. The summed E-state index contributed by atoms with van der Waals surface area (Å²) >= 11 is 0. The van der Waals surface area contributed by atoms with Crippen molar-refractivity contribution in [1.29, 1.82) is 0 Å². The van der Waals surface area contributed by atoms with Crippen LogP contribution in [-0.2, 0) is 0 Å². The van der Waals surface area contributed by atoms with Crippen LogP contribution < -0.4 is 10.1 Å². The molecule has 3 rings (SSSR count). The normalized spacial score (nSPS) is 17.4. The molecule has 5 heteroatoms. The molecular weight excluding hydrogens is 304 g/mol. The summed E-state index contributed by atoms with van der Waals surface area (Å²) in [4.78, 5) is 13.8. The molecule has 0 aromatic heterocycles. The summed E-state index contributed by atoms with van der Waals surface area (Å²) in [5.41, 5.74) is 1.84. The average molecular weight is 326 g/mol. The third-order valence-corrected chi connectivity index (χ3v) is 4.01. The first-order chi connectivity index (χ1) is 11.6. The van der Waals surface area contributed by atoms with Gasteiger partial charge in [0.25, 0.3) is 0 Å². The van der Waals surface area contributed by atoms with E-state index in [1.165, 1.54) is 0 Å². The second kappa shape index (κ2) is 7.36. The molecule has 5 nitrogen and oxygen atoms in total. The van der Waals surface area contributed by atoms with Crippen LogP contribution in [-0.4, -0.2) is 35.2 Å². The van der Waals surface area contributed by atoms with Gasteiger partial charge in [-0.2, -0.15) is 0 Å². The molecule has 1 aliphatic heterocycles. The number of β-amino-alcohol motifs (C(OH)–C–C–N with tert-alkyl or cyclic N) is 1. The number of amides is 2. The van der Waals surface area contributed by atoms with Crippen LogP contribution in [0.15, 0.2) is 48.5 Å². The Morgan fingerprint density at radius 3 is 2.71 bits per heavy atom. The lowest BCUT2D eigenvalue weighted by atomic mass is 10.1. The number of urea groups is 1. The number of piperidine rings is 1. The molecule has 24 heavy (non-hydrogen) atoms. The van der Waals surface area contributed by atoms with E-state index in [9.17, 15) is 9.90 Å². The molecule has 0 aliphatic carbocycles. The predicted octanol–water partition coefficient (Wildman–Crippen LogP) is 3.78. The molecule has 1 heterocycles. The van der Waals surface area contributed by atoms with Gasteiger partial charge in [-0.25, -0.2) is 4.79 Å². The molecule has 0 radical (unpaired) electrons. The maximum atomic E-state index is 12.2. The van der Waals surface area contributed by atoms with Gasteiger partial charge in [-0.3, -0.25) is 0 Å². The highest BCUT2D eigenvalue weighted by molar-refractivity contribution is 5.89. The van der Waals surface area contributed by atoms with Crippen molar-refractivity contribution in [3.05, 3.63) is 54.1 Å². The lowest BCUT2D eigenvalue weighted by molar-refractivity contribution is 0.0883. The van der Waals surface area contributed by atoms with Crippen molar-refractivity contribution in [1.82, 2.24) is 4.90 Å². The maximum absolute atomic E-state index is 12.2. The summed E-state index contributed by atoms with van der Waals surface area (Å²) in [6.45, 7) is 3.08. The summed E-state index contributed by atoms with van der Waals surface area (Å²) in [7, 11) is 0. The Morgan fingerprint density at radius 2 is 2.00 bits per heavy atom. The van der Waals surface area contributed by atoms with E-state index in [4.69, 9.17) is 4.74 Å². The average Bonchev–Trinajstić information content (AvgIpc) is 2.57. The van der Waals surface area contributed by atoms with Crippen molar-refractivity contribution in [2.24, 2.45) is 0 Å². The van der Waals surface area contributed by atoms with E-state index in [2.05, 4.69) is 5.32 Å². The lowest BCUT2D eigenvalue weighted by Gasteiger charge is -2.30. The van der Waals surface area contributed by atoms with Gasteiger partial charge in [0.1, 0.15) is 11.5 Å². The number of aliphatic hydroxyl groups is 1. The number of nitrogens with one attached hydrogen (secondary N) is 1. The van der Waals surface area contributed by atoms with Crippen molar-refractivity contribution in [2.75, 3.05) is 18.4 Å². The quantitative estimate of drug-likeness (QED) is 0.902. The number of carbonyl (C=O) groups excluding carboxylic acids is 1. The molecule has 1 aliphatic rings. The Balaban J connectivity index is 1.59. The number of anilines is 1. The fourth-order valence-corrected chi connectivity index (χ4v) is 2.76. The Hall–Kier alpha value is -2.53. The molecule has 1 fully saturated rings. The maximum Gasteiger partial charge on any atom is 0.321 e. The van der Waals surface area contributed by atoms with Crippen LogP contribution in [0.2, 0.25) is 0 Å². The summed E-state index contributed by atoms with van der Waals surface area (Å²) in [5, 5.41) is 12.5. The van der Waals surface area contributed by atoms with Crippen LogP contribution in [0.5, 0.6) is 11.5 Å². The van der Waals surface area contributed by atoms with Gasteiger partial charge in [0.15, 0.2) is 0 Å². The smallest absolute Gasteiger partial charge is 0.321 e. The van der Waals surface area contributed by atoms with Crippen molar-refractivity contribution >= 4 is 11.7 Å². The number of nitrogens with zero attached hydrogens (tertiary/aromatic N) is 1. The van der Waals surface area contributed by atoms with Crippen LogP contribution in [0, 0.1) is 6.92 Å². The molecule has 0 saturated carbocycles. The highest BCUT2D eigenvalue weighted by Gasteiger charge is 2.21. The van der Waals surface area contributed by atoms with Crippen LogP contribution in [0.1, 0.15) is 18.4 Å². The molecule has 2 aromatic rings. The number of ether oxygens (including phenoxy) is 1. The highest BCUT2D eigenvalue weighted by Crippen LogP contribution is 2.24. The largest absolute Gasteiger partial charge is 0.457 e. The van der Waals surface area contributed by atoms with E-state index in [-0.39, 0.29) is 6.03 Å². The molecular formula is C19H22N2O3. The Kier molecular flexibility index (Phi) is 5.01. The van der Waals surface area contributed by atoms with Gasteiger partial charge in [-0.15, -0.1) is 0 Å². The van der Waals surface area contributed by atoms with Crippen LogP contribution >= 0.6 is 0 Å². The van der Waals surface area contributed by atoms with Crippen molar-refractivity contribution in [3.63, 3.8) is 0 Å². The van der Waals surface area contributed by atoms with Crippen molar-refractivity contribution in [3.8, 4) is 11.5 Å². The lowest BCUT2D eigenvalue weighted by Crippen LogP contribution is -2.44. The standard InChI is InChI=1S/C19H22N2O3/c1-14-4-2-6-18(12-14)24-17-9-7-15(8-10-17)20-19(23)21-11-3-5-16(22)13-21/h2,4,6-10,12,16,22H,3,5,11,13H2,1H3,(H,20,23). The fourth-order valence-electron chi connectivity index (χ4n) is 2.76. The molecule has 2 aromatic carbocycles. The molecule has 2 N–H and O–H groups in total. The molecule has 1 saturated heterocycles. The third-order valence-electron chi connectivity index (χ3n) is 4.01. The van der Waals surface area contributed by atoms with Gasteiger partial charge in [0.05, 0.1) is 6.10 Å². The van der Waals surface area contributed by atoms with Crippen molar-refractivity contribution < 1.29 is 14.6 Å². The second-order valence-electron chi connectivity index (χ2n) is 6.12. The topological polar surface area (TPSA) is 61.8 Å². The van der Waals surface area contributed by atoms with Crippen molar-refractivity contribution in [2.45, 2.75) is 25.9 Å². The van der Waals surface area contributed by atoms with E-state index in [1.807, 2.05) is 55.5 Å². The zero-order chi connectivity index (χ0) is 16.9. The second-order valence-corrected chi connectivity index (χ2v) is 6.12. The minimum atomic E-state index is -0.422. The first-order valence-corrected chi connectivity index (χ1v) is 8.19. The number of hydrogen-bond donors (Lipinski definition) is 2. The van der Waals surface area contributed by atoms with E-state index in [0.29, 0.717) is 24.5 Å². The summed E-state index contributed by atoms with van der Waals surface area (Å²) < 4.78 is 5.79. The van der Waals surface area contributed by atoms with Gasteiger partial charge in [0.2, 0.25) is 0 Å². The molecule has 126 valence electrons. The molecule has 0 bridgehead atoms. The van der Waals surface area contributed by atoms with E-state index >= 15 is 0 Å². The fraction of sp³-hybridized carbons (Fsp3) is 0.316. The minimum absolute atomic E-state index is 0.180. The van der Waals surface area contributed by atoms with Crippen LogP contribution in [0.3, 0.4) is 0 Å². The number of benzene rings is 2. The Labute approximate surface area is 141 Å². The Bertz CT molecular complexity index is 700. The zero-order valence-corrected chi connectivity index (χ0v) is 13.7. The molecule has 0 spiro atoms. The summed E-state index contributed by atoms with van der Waals surface area (Å²) in [6.07, 6.45) is 1.17. The van der Waals surface area contributed by atoms with E-state index in [0.717, 1.165) is 24.2 Å². The van der Waals surface area contributed by atoms with Crippen LogP contribution in [0.4, 0.5) is 10.5 Å². The van der Waals surface area contributed by atoms with Gasteiger partial charge in [0, 0.05) is 18.8 Å². The number of likely N-dealkylation sites (tertiary alicyclic amines) is 1. The predicted molar refractivity (Wildman–Crippen MR) is 93.5 cm³/mol. The number of rotatable bonds is 3. The first-order valence-electron chi connectivity index (χ1n) is 8.19. The summed E-state index contributed by atoms with van der Waals surface area (Å²) in [6, 6.07) is 14.9. The minimum Gasteiger partial charge on any atom is -0.457 e. The van der Waals surface area contributed by atoms with E-state index < -0.39 is 6.10 Å². The molecule has 2 amide bonds. The van der Waals surface area contributed by atoms with Gasteiger partial charge in [-0.1, -0.05) is 12.1 Å².